The van der Waals surface area contributed by atoms with Gasteiger partial charge in [0.25, 0.3) is 0 Å². The Balaban J connectivity index is 2.99. The van der Waals surface area contributed by atoms with E-state index in [4.69, 9.17) is 5.73 Å². The standard InChI is InChI=1S/C10H14F3N3/c1-3-7(14)6(2)9-15-5-4-8(16-9)10(11,12)13/h4-7H,3,14H2,1-2H3. The Labute approximate surface area is 91.9 Å². The number of rotatable bonds is 3. The minimum atomic E-state index is -4.44. The highest BCUT2D eigenvalue weighted by Gasteiger charge is 2.33. The molecule has 0 spiro atoms. The Hall–Kier alpha value is -1.17. The van der Waals surface area contributed by atoms with Crippen LogP contribution in [0.1, 0.15) is 37.7 Å². The van der Waals surface area contributed by atoms with Crippen molar-refractivity contribution < 1.29 is 13.2 Å². The van der Waals surface area contributed by atoms with Gasteiger partial charge in [-0.1, -0.05) is 13.8 Å². The normalized spacial score (nSPS) is 15.9. The van der Waals surface area contributed by atoms with Gasteiger partial charge >= 0.3 is 6.18 Å². The monoisotopic (exact) mass is 233 g/mol. The molecule has 0 saturated heterocycles. The van der Waals surface area contributed by atoms with Crippen molar-refractivity contribution in [2.45, 2.75) is 38.4 Å². The second-order valence-electron chi connectivity index (χ2n) is 3.66. The molecule has 0 radical (unpaired) electrons. The van der Waals surface area contributed by atoms with Gasteiger partial charge in [0.15, 0.2) is 0 Å². The van der Waals surface area contributed by atoms with Gasteiger partial charge in [-0.15, -0.1) is 0 Å². The number of nitrogens with two attached hydrogens (primary N) is 1. The Morgan fingerprint density at radius 2 is 2.06 bits per heavy atom. The molecular formula is C10H14F3N3. The van der Waals surface area contributed by atoms with Crippen LogP contribution in [-0.4, -0.2) is 16.0 Å². The highest BCUT2D eigenvalue weighted by molar-refractivity contribution is 5.09. The van der Waals surface area contributed by atoms with Crippen LogP contribution in [0, 0.1) is 0 Å². The molecule has 2 atom stereocenters. The smallest absolute Gasteiger partial charge is 0.327 e. The molecule has 90 valence electrons. The van der Waals surface area contributed by atoms with Crippen LogP contribution in [0.3, 0.4) is 0 Å². The number of halogens is 3. The number of nitrogens with zero attached hydrogens (tertiary/aromatic N) is 2. The SMILES string of the molecule is CCC(N)C(C)c1nccc(C(F)(F)F)n1. The maximum atomic E-state index is 12.4. The fraction of sp³-hybridized carbons (Fsp3) is 0.600. The van der Waals surface area contributed by atoms with Gasteiger partial charge in [-0.05, 0) is 12.5 Å². The minimum absolute atomic E-state index is 0.143. The molecule has 1 aromatic heterocycles. The molecule has 0 saturated carbocycles. The fourth-order valence-corrected chi connectivity index (χ4v) is 1.30. The molecule has 0 amide bonds. The third kappa shape index (κ3) is 2.91. The summed E-state index contributed by atoms with van der Waals surface area (Å²) in [6.45, 7) is 3.60. The highest BCUT2D eigenvalue weighted by Crippen LogP contribution is 2.28. The summed E-state index contributed by atoms with van der Waals surface area (Å²) >= 11 is 0. The van der Waals surface area contributed by atoms with E-state index in [-0.39, 0.29) is 17.8 Å². The first kappa shape index (κ1) is 12.9. The van der Waals surface area contributed by atoms with Crippen LogP contribution >= 0.6 is 0 Å². The van der Waals surface area contributed by atoms with E-state index in [2.05, 4.69) is 9.97 Å². The maximum absolute atomic E-state index is 12.4. The van der Waals surface area contributed by atoms with Crippen LogP contribution in [0.5, 0.6) is 0 Å². The maximum Gasteiger partial charge on any atom is 0.433 e. The molecule has 1 heterocycles. The lowest BCUT2D eigenvalue weighted by Crippen LogP contribution is -2.27. The first-order chi connectivity index (χ1) is 7.36. The zero-order valence-corrected chi connectivity index (χ0v) is 9.12. The van der Waals surface area contributed by atoms with E-state index in [0.717, 1.165) is 12.3 Å². The van der Waals surface area contributed by atoms with Crippen LogP contribution in [0.2, 0.25) is 0 Å². The van der Waals surface area contributed by atoms with Crippen molar-refractivity contribution in [2.75, 3.05) is 0 Å². The van der Waals surface area contributed by atoms with Crippen molar-refractivity contribution in [3.63, 3.8) is 0 Å². The fourth-order valence-electron chi connectivity index (χ4n) is 1.30. The summed E-state index contributed by atoms with van der Waals surface area (Å²) in [4.78, 5) is 7.33. The molecule has 16 heavy (non-hydrogen) atoms. The molecular weight excluding hydrogens is 219 g/mol. The van der Waals surface area contributed by atoms with Crippen molar-refractivity contribution >= 4 is 0 Å². The van der Waals surface area contributed by atoms with E-state index in [9.17, 15) is 13.2 Å². The Kier molecular flexibility index (Phi) is 3.85. The molecule has 6 heteroatoms. The van der Waals surface area contributed by atoms with E-state index < -0.39 is 11.9 Å². The van der Waals surface area contributed by atoms with Crippen molar-refractivity contribution in [3.8, 4) is 0 Å². The van der Waals surface area contributed by atoms with Gasteiger partial charge in [0.2, 0.25) is 0 Å². The topological polar surface area (TPSA) is 51.8 Å². The Morgan fingerprint density at radius 1 is 1.44 bits per heavy atom. The first-order valence-corrected chi connectivity index (χ1v) is 5.02. The van der Waals surface area contributed by atoms with E-state index in [0.29, 0.717) is 6.42 Å². The van der Waals surface area contributed by atoms with E-state index >= 15 is 0 Å². The summed E-state index contributed by atoms with van der Waals surface area (Å²) in [5.41, 5.74) is 4.82. The molecule has 2 N–H and O–H groups in total. The minimum Gasteiger partial charge on any atom is -0.327 e. The van der Waals surface area contributed by atoms with Crippen LogP contribution in [-0.2, 0) is 6.18 Å². The lowest BCUT2D eigenvalue weighted by atomic mass is 10.00. The second kappa shape index (κ2) is 4.78. The molecule has 0 aliphatic carbocycles. The van der Waals surface area contributed by atoms with Gasteiger partial charge in [-0.2, -0.15) is 13.2 Å². The zero-order valence-electron chi connectivity index (χ0n) is 9.12. The molecule has 0 fully saturated rings. The first-order valence-electron chi connectivity index (χ1n) is 5.02. The Bertz CT molecular complexity index is 351. The average Bonchev–Trinajstić information content (AvgIpc) is 2.26. The lowest BCUT2D eigenvalue weighted by Gasteiger charge is -2.17. The zero-order chi connectivity index (χ0) is 12.3. The van der Waals surface area contributed by atoms with E-state index in [1.54, 1.807) is 6.92 Å². The number of alkyl halides is 3. The number of hydrogen-bond donors (Lipinski definition) is 1. The lowest BCUT2D eigenvalue weighted by molar-refractivity contribution is -0.141. The average molecular weight is 233 g/mol. The highest BCUT2D eigenvalue weighted by atomic mass is 19.4. The van der Waals surface area contributed by atoms with Crippen LogP contribution in [0.15, 0.2) is 12.3 Å². The number of hydrogen-bond acceptors (Lipinski definition) is 3. The third-order valence-electron chi connectivity index (χ3n) is 2.49. The van der Waals surface area contributed by atoms with Gasteiger partial charge in [0.05, 0.1) is 0 Å². The largest absolute Gasteiger partial charge is 0.433 e. The van der Waals surface area contributed by atoms with Crippen molar-refractivity contribution in [1.82, 2.24) is 9.97 Å². The predicted molar refractivity (Wildman–Crippen MR) is 53.7 cm³/mol. The second-order valence-corrected chi connectivity index (χ2v) is 3.66. The molecule has 0 aliphatic rings. The van der Waals surface area contributed by atoms with Crippen molar-refractivity contribution in [2.24, 2.45) is 5.73 Å². The molecule has 2 unspecified atom stereocenters. The molecule has 0 aliphatic heterocycles. The summed E-state index contributed by atoms with van der Waals surface area (Å²) in [6.07, 6.45) is -2.65. The molecule has 0 bridgehead atoms. The summed E-state index contributed by atoms with van der Waals surface area (Å²) < 4.78 is 37.2. The van der Waals surface area contributed by atoms with Gasteiger partial charge in [-0.25, -0.2) is 9.97 Å². The molecule has 3 nitrogen and oxygen atoms in total. The van der Waals surface area contributed by atoms with Crippen LogP contribution < -0.4 is 5.73 Å². The van der Waals surface area contributed by atoms with Gasteiger partial charge in [0.1, 0.15) is 11.5 Å². The molecule has 1 aromatic rings. The van der Waals surface area contributed by atoms with Crippen molar-refractivity contribution in [3.05, 3.63) is 23.8 Å². The molecule has 1 rings (SSSR count). The van der Waals surface area contributed by atoms with E-state index in [1.807, 2.05) is 6.92 Å². The Morgan fingerprint density at radius 3 is 2.56 bits per heavy atom. The summed E-state index contributed by atoms with van der Waals surface area (Å²) in [5.74, 6) is -0.142. The summed E-state index contributed by atoms with van der Waals surface area (Å²) in [7, 11) is 0. The van der Waals surface area contributed by atoms with Gasteiger partial charge in [0, 0.05) is 18.2 Å². The van der Waals surface area contributed by atoms with E-state index in [1.165, 1.54) is 0 Å². The summed E-state index contributed by atoms with van der Waals surface area (Å²) in [5, 5.41) is 0. The summed E-state index contributed by atoms with van der Waals surface area (Å²) in [6, 6.07) is 0.622. The quantitative estimate of drug-likeness (QED) is 0.871. The van der Waals surface area contributed by atoms with Gasteiger partial charge in [-0.3, -0.25) is 0 Å². The molecule has 0 aromatic carbocycles. The van der Waals surface area contributed by atoms with Crippen LogP contribution in [0.4, 0.5) is 13.2 Å². The third-order valence-corrected chi connectivity index (χ3v) is 2.49. The van der Waals surface area contributed by atoms with Gasteiger partial charge < -0.3 is 5.73 Å². The predicted octanol–water partition coefficient (Wildman–Crippen LogP) is 2.34. The number of aromatic nitrogens is 2. The van der Waals surface area contributed by atoms with Crippen LogP contribution in [0.25, 0.3) is 0 Å². The van der Waals surface area contributed by atoms with Crippen molar-refractivity contribution in [1.29, 1.82) is 0 Å².